The summed E-state index contributed by atoms with van der Waals surface area (Å²) < 4.78 is 2.77. The van der Waals surface area contributed by atoms with E-state index in [0.717, 1.165) is 26.4 Å². The molecule has 0 bridgehead atoms. The van der Waals surface area contributed by atoms with E-state index in [1.807, 2.05) is 36.6 Å². The second-order valence-electron chi connectivity index (χ2n) is 7.25. The van der Waals surface area contributed by atoms with Crippen molar-refractivity contribution >= 4 is 45.5 Å². The molecule has 0 saturated carbocycles. The van der Waals surface area contributed by atoms with E-state index in [2.05, 4.69) is 27.3 Å². The van der Waals surface area contributed by atoms with Gasteiger partial charge in [-0.3, -0.25) is 14.9 Å². The Kier molecular flexibility index (Phi) is 5.51. The van der Waals surface area contributed by atoms with Crippen LogP contribution in [0.25, 0.3) is 11.8 Å². The lowest BCUT2D eigenvalue weighted by molar-refractivity contribution is -0.122. The predicted molar refractivity (Wildman–Crippen MR) is 123 cm³/mol. The van der Waals surface area contributed by atoms with Gasteiger partial charge in [0.05, 0.1) is 17.3 Å². The van der Waals surface area contributed by atoms with Crippen LogP contribution in [0.1, 0.15) is 22.5 Å². The van der Waals surface area contributed by atoms with E-state index in [1.165, 1.54) is 6.08 Å². The van der Waals surface area contributed by atoms with Crippen molar-refractivity contribution < 1.29 is 14.4 Å². The number of nitriles is 1. The highest BCUT2D eigenvalue weighted by Gasteiger charge is 2.37. The summed E-state index contributed by atoms with van der Waals surface area (Å²) in [4.78, 5) is 38.9. The largest absolute Gasteiger partial charge is 0.335 e. The molecule has 0 radical (unpaired) electrons. The lowest BCUT2D eigenvalue weighted by atomic mass is 10.1. The SMILES string of the molecule is Cc1cc(/C=C2\C(=O)NC(=O)N(c3ccc(Br)cc3)C2=O)c(C)n1-c1ccc(C#N)cc1. The first-order chi connectivity index (χ1) is 15.3. The van der Waals surface area contributed by atoms with Crippen molar-refractivity contribution in [2.75, 3.05) is 4.90 Å². The number of hydrogen-bond acceptors (Lipinski definition) is 4. The summed E-state index contributed by atoms with van der Waals surface area (Å²) in [7, 11) is 0. The van der Waals surface area contributed by atoms with E-state index in [1.54, 1.807) is 36.4 Å². The number of barbiturate groups is 1. The van der Waals surface area contributed by atoms with Gasteiger partial charge in [0.2, 0.25) is 0 Å². The lowest BCUT2D eigenvalue weighted by Crippen LogP contribution is -2.54. The summed E-state index contributed by atoms with van der Waals surface area (Å²) >= 11 is 3.32. The van der Waals surface area contributed by atoms with Gasteiger partial charge in [-0.15, -0.1) is 0 Å². The van der Waals surface area contributed by atoms with Gasteiger partial charge in [0, 0.05) is 21.5 Å². The summed E-state index contributed by atoms with van der Waals surface area (Å²) in [6, 6.07) is 16.9. The van der Waals surface area contributed by atoms with Crippen molar-refractivity contribution in [2.45, 2.75) is 13.8 Å². The predicted octanol–water partition coefficient (Wildman–Crippen LogP) is 4.39. The van der Waals surface area contributed by atoms with Crippen LogP contribution in [0, 0.1) is 25.2 Å². The third-order valence-corrected chi connectivity index (χ3v) is 5.74. The number of halogens is 1. The Morgan fingerprint density at radius 2 is 1.59 bits per heavy atom. The number of nitrogens with zero attached hydrogens (tertiary/aromatic N) is 3. The molecule has 0 aliphatic carbocycles. The van der Waals surface area contributed by atoms with Crippen LogP contribution in [-0.4, -0.2) is 22.4 Å². The smallest absolute Gasteiger partial charge is 0.318 e. The fraction of sp³-hybridized carbons (Fsp3) is 0.0833. The zero-order chi connectivity index (χ0) is 23.0. The third kappa shape index (κ3) is 3.74. The number of imide groups is 2. The summed E-state index contributed by atoms with van der Waals surface area (Å²) in [5.74, 6) is -1.43. The van der Waals surface area contributed by atoms with Gasteiger partial charge in [-0.1, -0.05) is 15.9 Å². The molecule has 4 rings (SSSR count). The van der Waals surface area contributed by atoms with E-state index in [0.29, 0.717) is 16.8 Å². The van der Waals surface area contributed by atoms with Crippen molar-refractivity contribution in [3.8, 4) is 11.8 Å². The highest BCUT2D eigenvalue weighted by atomic mass is 79.9. The second kappa shape index (κ2) is 8.29. The van der Waals surface area contributed by atoms with E-state index in [-0.39, 0.29) is 5.57 Å². The number of anilines is 1. The van der Waals surface area contributed by atoms with Crippen molar-refractivity contribution in [1.29, 1.82) is 5.26 Å². The van der Waals surface area contributed by atoms with Gasteiger partial charge in [-0.2, -0.15) is 5.26 Å². The number of rotatable bonds is 3. The average molecular weight is 489 g/mol. The molecule has 158 valence electrons. The Labute approximate surface area is 192 Å². The maximum atomic E-state index is 13.1. The second-order valence-corrected chi connectivity index (χ2v) is 8.17. The molecule has 2 heterocycles. The van der Waals surface area contributed by atoms with Gasteiger partial charge in [-0.25, -0.2) is 9.69 Å². The summed E-state index contributed by atoms with van der Waals surface area (Å²) in [6.45, 7) is 3.79. The van der Waals surface area contributed by atoms with Gasteiger partial charge in [0.1, 0.15) is 5.57 Å². The number of nitrogens with one attached hydrogen (secondary N) is 1. The van der Waals surface area contributed by atoms with Crippen molar-refractivity contribution in [2.24, 2.45) is 0 Å². The number of amides is 4. The molecule has 0 spiro atoms. The summed E-state index contributed by atoms with van der Waals surface area (Å²) in [5.41, 5.74) is 4.02. The minimum atomic E-state index is -0.789. The molecular weight excluding hydrogens is 472 g/mol. The molecule has 2 aromatic carbocycles. The Morgan fingerprint density at radius 3 is 2.22 bits per heavy atom. The van der Waals surface area contributed by atoms with Crippen LogP contribution in [0.3, 0.4) is 0 Å². The van der Waals surface area contributed by atoms with E-state index < -0.39 is 17.8 Å². The van der Waals surface area contributed by atoms with Gasteiger partial charge >= 0.3 is 6.03 Å². The van der Waals surface area contributed by atoms with Gasteiger partial charge in [0.15, 0.2) is 0 Å². The molecule has 1 saturated heterocycles. The van der Waals surface area contributed by atoms with Crippen LogP contribution >= 0.6 is 15.9 Å². The Balaban J connectivity index is 1.74. The molecule has 1 aliphatic rings. The van der Waals surface area contributed by atoms with Crippen LogP contribution in [0.5, 0.6) is 0 Å². The molecule has 0 atom stereocenters. The number of urea groups is 1. The molecule has 1 fully saturated rings. The summed E-state index contributed by atoms with van der Waals surface area (Å²) in [6.07, 6.45) is 1.50. The molecule has 32 heavy (non-hydrogen) atoms. The average Bonchev–Trinajstić information content (AvgIpc) is 3.05. The minimum Gasteiger partial charge on any atom is -0.318 e. The highest BCUT2D eigenvalue weighted by Crippen LogP contribution is 2.27. The minimum absolute atomic E-state index is 0.132. The van der Waals surface area contributed by atoms with E-state index in [4.69, 9.17) is 5.26 Å². The Bertz CT molecular complexity index is 1330. The first-order valence-electron chi connectivity index (χ1n) is 9.66. The third-order valence-electron chi connectivity index (χ3n) is 5.21. The molecule has 8 heteroatoms. The number of aryl methyl sites for hydroxylation is 1. The number of hydrogen-bond donors (Lipinski definition) is 1. The Hall–Kier alpha value is -3.96. The maximum Gasteiger partial charge on any atom is 0.335 e. The zero-order valence-electron chi connectivity index (χ0n) is 17.2. The van der Waals surface area contributed by atoms with Crippen LogP contribution in [0.4, 0.5) is 10.5 Å². The highest BCUT2D eigenvalue weighted by molar-refractivity contribution is 9.10. The molecule has 0 unspecified atom stereocenters. The quantitative estimate of drug-likeness (QED) is 0.436. The topological polar surface area (TPSA) is 95.2 Å². The standard InChI is InChI=1S/C24H17BrN4O3/c1-14-11-17(15(2)28(14)19-7-3-16(13-26)4-8-19)12-21-22(30)27-24(32)29(23(21)31)20-9-5-18(25)6-10-20/h3-12H,1-2H3,(H,27,30,32)/b21-12+. The monoisotopic (exact) mass is 488 g/mol. The molecule has 4 amide bonds. The van der Waals surface area contributed by atoms with E-state index >= 15 is 0 Å². The van der Waals surface area contributed by atoms with Crippen molar-refractivity contribution in [3.63, 3.8) is 0 Å². The fourth-order valence-electron chi connectivity index (χ4n) is 3.65. The van der Waals surface area contributed by atoms with E-state index in [9.17, 15) is 14.4 Å². The molecule has 1 N–H and O–H groups in total. The lowest BCUT2D eigenvalue weighted by Gasteiger charge is -2.26. The van der Waals surface area contributed by atoms with Crippen LogP contribution in [0.2, 0.25) is 0 Å². The molecule has 3 aromatic rings. The number of benzene rings is 2. The Morgan fingerprint density at radius 1 is 0.969 bits per heavy atom. The van der Waals surface area contributed by atoms with Crippen LogP contribution in [-0.2, 0) is 9.59 Å². The maximum absolute atomic E-state index is 13.1. The number of carbonyl (C=O) groups excluding carboxylic acids is 3. The van der Waals surface area contributed by atoms with Gasteiger partial charge < -0.3 is 4.57 Å². The number of aromatic nitrogens is 1. The number of carbonyl (C=O) groups is 3. The van der Waals surface area contributed by atoms with Crippen molar-refractivity contribution in [3.05, 3.63) is 87.2 Å². The first-order valence-corrected chi connectivity index (χ1v) is 10.5. The normalized spacial score (nSPS) is 15.1. The van der Waals surface area contributed by atoms with Crippen LogP contribution < -0.4 is 10.2 Å². The van der Waals surface area contributed by atoms with Gasteiger partial charge in [0.25, 0.3) is 11.8 Å². The molecule has 1 aliphatic heterocycles. The first kappa shape index (κ1) is 21.3. The fourth-order valence-corrected chi connectivity index (χ4v) is 3.92. The molecule has 7 nitrogen and oxygen atoms in total. The van der Waals surface area contributed by atoms with Gasteiger partial charge in [-0.05, 0) is 80.1 Å². The molecular formula is C24H17BrN4O3. The van der Waals surface area contributed by atoms with Crippen LogP contribution in [0.15, 0.2) is 64.6 Å². The van der Waals surface area contributed by atoms with Crippen molar-refractivity contribution in [1.82, 2.24) is 9.88 Å². The summed E-state index contributed by atoms with van der Waals surface area (Å²) in [5, 5.41) is 11.3. The molecule has 1 aromatic heterocycles. The zero-order valence-corrected chi connectivity index (χ0v) is 18.8.